The molecule has 4 heteroatoms. The van der Waals surface area contributed by atoms with E-state index in [1.807, 2.05) is 13.0 Å². The minimum absolute atomic E-state index is 0.0374. The molecule has 3 aliphatic heterocycles. The van der Waals surface area contributed by atoms with Crippen LogP contribution in [-0.2, 0) is 14.2 Å². The highest BCUT2D eigenvalue weighted by Gasteiger charge is 2.53. The standard InChI is InChI=1S/C14H22O4/c1-12(11-15)8-9-14(17-12)7-4-6-13(18-14)5-2-3-10-16-13/h4,6,15H,2-3,5,7-11H2,1H3/t12-,13-,14+/m1/s1. The molecular formula is C14H22O4. The maximum atomic E-state index is 9.41. The van der Waals surface area contributed by atoms with E-state index in [0.29, 0.717) is 0 Å². The van der Waals surface area contributed by atoms with Gasteiger partial charge in [0, 0.05) is 19.3 Å². The third-order valence-electron chi connectivity index (χ3n) is 4.23. The molecule has 3 heterocycles. The fourth-order valence-corrected chi connectivity index (χ4v) is 3.14. The van der Waals surface area contributed by atoms with Crippen molar-refractivity contribution in [3.8, 4) is 0 Å². The fourth-order valence-electron chi connectivity index (χ4n) is 3.14. The first-order valence-electron chi connectivity index (χ1n) is 6.92. The Kier molecular flexibility index (Phi) is 3.01. The van der Waals surface area contributed by atoms with Gasteiger partial charge >= 0.3 is 0 Å². The number of ether oxygens (including phenoxy) is 3. The predicted octanol–water partition coefficient (Wildman–Crippen LogP) is 2.12. The van der Waals surface area contributed by atoms with Crippen molar-refractivity contribution in [1.82, 2.24) is 0 Å². The second-order valence-corrected chi connectivity index (χ2v) is 5.95. The van der Waals surface area contributed by atoms with Crippen LogP contribution in [-0.4, -0.2) is 35.5 Å². The van der Waals surface area contributed by atoms with Crippen molar-refractivity contribution in [2.24, 2.45) is 0 Å². The van der Waals surface area contributed by atoms with E-state index in [1.165, 1.54) is 0 Å². The molecule has 1 N–H and O–H groups in total. The normalized spacial score (nSPS) is 48.1. The molecular weight excluding hydrogens is 232 g/mol. The fraction of sp³-hybridized carbons (Fsp3) is 0.857. The molecule has 2 fully saturated rings. The Balaban J connectivity index is 1.78. The van der Waals surface area contributed by atoms with Gasteiger partial charge in [0.1, 0.15) is 0 Å². The van der Waals surface area contributed by atoms with E-state index in [2.05, 4.69) is 6.08 Å². The first kappa shape index (κ1) is 12.6. The highest BCUT2D eigenvalue weighted by atomic mass is 16.8. The summed E-state index contributed by atoms with van der Waals surface area (Å²) in [6, 6.07) is 0. The number of hydrogen-bond donors (Lipinski definition) is 1. The summed E-state index contributed by atoms with van der Waals surface area (Å²) in [6.07, 6.45) is 9.65. The highest BCUT2D eigenvalue weighted by molar-refractivity contribution is 5.07. The number of aliphatic hydroxyl groups excluding tert-OH is 1. The van der Waals surface area contributed by atoms with Gasteiger partial charge in [-0.2, -0.15) is 0 Å². The van der Waals surface area contributed by atoms with E-state index < -0.39 is 17.2 Å². The zero-order valence-corrected chi connectivity index (χ0v) is 11.0. The Morgan fingerprint density at radius 2 is 2.06 bits per heavy atom. The summed E-state index contributed by atoms with van der Waals surface area (Å²) >= 11 is 0. The van der Waals surface area contributed by atoms with Crippen LogP contribution in [0.25, 0.3) is 0 Å². The van der Waals surface area contributed by atoms with E-state index in [1.54, 1.807) is 0 Å². The third-order valence-corrected chi connectivity index (χ3v) is 4.23. The zero-order valence-electron chi connectivity index (χ0n) is 11.0. The van der Waals surface area contributed by atoms with Crippen molar-refractivity contribution in [3.63, 3.8) is 0 Å². The molecule has 3 aliphatic rings. The van der Waals surface area contributed by atoms with E-state index >= 15 is 0 Å². The molecule has 0 aliphatic carbocycles. The molecule has 4 nitrogen and oxygen atoms in total. The average Bonchev–Trinajstić information content (AvgIpc) is 2.68. The Labute approximate surface area is 108 Å². The van der Waals surface area contributed by atoms with Crippen molar-refractivity contribution in [3.05, 3.63) is 12.2 Å². The molecule has 0 saturated carbocycles. The van der Waals surface area contributed by atoms with Crippen LogP contribution in [0.5, 0.6) is 0 Å². The molecule has 102 valence electrons. The van der Waals surface area contributed by atoms with E-state index in [-0.39, 0.29) is 6.61 Å². The molecule has 0 unspecified atom stereocenters. The van der Waals surface area contributed by atoms with Gasteiger partial charge in [0.2, 0.25) is 0 Å². The van der Waals surface area contributed by atoms with Gasteiger partial charge in [-0.15, -0.1) is 0 Å². The highest BCUT2D eigenvalue weighted by Crippen LogP contribution is 2.47. The van der Waals surface area contributed by atoms with Crippen molar-refractivity contribution >= 4 is 0 Å². The van der Waals surface area contributed by atoms with Crippen molar-refractivity contribution in [1.29, 1.82) is 0 Å². The SMILES string of the molecule is C[C@]1(CO)CC[C@@]2(CC=C[C@@]3(CCCCO3)O2)O1. The van der Waals surface area contributed by atoms with Gasteiger partial charge in [0.05, 0.1) is 18.8 Å². The summed E-state index contributed by atoms with van der Waals surface area (Å²) in [4.78, 5) is 0. The number of rotatable bonds is 1. The molecule has 0 bridgehead atoms. The van der Waals surface area contributed by atoms with Gasteiger partial charge in [-0.05, 0) is 32.3 Å². The van der Waals surface area contributed by atoms with Gasteiger partial charge in [0.15, 0.2) is 11.6 Å². The minimum atomic E-state index is -0.594. The lowest BCUT2D eigenvalue weighted by Gasteiger charge is -2.45. The number of hydrogen-bond acceptors (Lipinski definition) is 4. The van der Waals surface area contributed by atoms with Gasteiger partial charge in [0.25, 0.3) is 0 Å². The molecule has 18 heavy (non-hydrogen) atoms. The molecule has 0 aromatic heterocycles. The van der Waals surface area contributed by atoms with Gasteiger partial charge < -0.3 is 19.3 Å². The van der Waals surface area contributed by atoms with Crippen LogP contribution in [0.1, 0.15) is 45.4 Å². The molecule has 2 spiro atoms. The van der Waals surface area contributed by atoms with Crippen LogP contribution in [0.2, 0.25) is 0 Å². The van der Waals surface area contributed by atoms with Crippen LogP contribution in [0.3, 0.4) is 0 Å². The largest absolute Gasteiger partial charge is 0.393 e. The molecule has 0 amide bonds. The maximum absolute atomic E-state index is 9.41. The maximum Gasteiger partial charge on any atom is 0.191 e. The monoisotopic (exact) mass is 254 g/mol. The molecule has 3 rings (SSSR count). The summed E-state index contributed by atoms with van der Waals surface area (Å²) in [7, 11) is 0. The molecule has 2 saturated heterocycles. The van der Waals surface area contributed by atoms with Crippen LogP contribution >= 0.6 is 0 Å². The Bertz CT molecular complexity index is 348. The summed E-state index contributed by atoms with van der Waals surface area (Å²) in [5.41, 5.74) is -0.471. The van der Waals surface area contributed by atoms with Crippen LogP contribution in [0.4, 0.5) is 0 Å². The minimum Gasteiger partial charge on any atom is -0.393 e. The predicted molar refractivity (Wildman–Crippen MR) is 65.9 cm³/mol. The average molecular weight is 254 g/mol. The lowest BCUT2D eigenvalue weighted by atomic mass is 9.97. The van der Waals surface area contributed by atoms with Gasteiger partial charge in [-0.1, -0.05) is 6.08 Å². The van der Waals surface area contributed by atoms with Crippen LogP contribution in [0, 0.1) is 0 Å². The topological polar surface area (TPSA) is 47.9 Å². The second kappa shape index (κ2) is 4.30. The molecule has 0 radical (unpaired) electrons. The van der Waals surface area contributed by atoms with E-state index in [9.17, 15) is 5.11 Å². The van der Waals surface area contributed by atoms with Gasteiger partial charge in [-0.3, -0.25) is 0 Å². The van der Waals surface area contributed by atoms with Crippen molar-refractivity contribution in [2.45, 2.75) is 62.6 Å². The lowest BCUT2D eigenvalue weighted by molar-refractivity contribution is -0.358. The Morgan fingerprint density at radius 3 is 2.72 bits per heavy atom. The van der Waals surface area contributed by atoms with Crippen molar-refractivity contribution < 1.29 is 19.3 Å². The summed E-state index contributed by atoms with van der Waals surface area (Å²) in [5, 5.41) is 9.41. The first-order chi connectivity index (χ1) is 8.60. The smallest absolute Gasteiger partial charge is 0.191 e. The Morgan fingerprint density at radius 1 is 1.17 bits per heavy atom. The molecule has 3 atom stereocenters. The van der Waals surface area contributed by atoms with Crippen LogP contribution < -0.4 is 0 Å². The van der Waals surface area contributed by atoms with Crippen LogP contribution in [0.15, 0.2) is 12.2 Å². The quantitative estimate of drug-likeness (QED) is 0.728. The number of aliphatic hydroxyl groups is 1. The summed E-state index contributed by atoms with van der Waals surface area (Å²) in [6.45, 7) is 2.73. The second-order valence-electron chi connectivity index (χ2n) is 5.95. The lowest BCUT2D eigenvalue weighted by Crippen LogP contribution is -2.50. The van der Waals surface area contributed by atoms with E-state index in [0.717, 1.165) is 45.1 Å². The molecule has 0 aromatic carbocycles. The summed E-state index contributed by atoms with van der Waals surface area (Å²) < 4.78 is 18.1. The van der Waals surface area contributed by atoms with Crippen molar-refractivity contribution in [2.75, 3.05) is 13.2 Å². The Hall–Kier alpha value is -0.420. The molecule has 0 aromatic rings. The zero-order chi connectivity index (χ0) is 12.7. The van der Waals surface area contributed by atoms with Gasteiger partial charge in [-0.25, -0.2) is 0 Å². The first-order valence-corrected chi connectivity index (χ1v) is 6.92. The van der Waals surface area contributed by atoms with E-state index in [4.69, 9.17) is 14.2 Å². The summed E-state index contributed by atoms with van der Waals surface area (Å²) in [5.74, 6) is -1.18. The third kappa shape index (κ3) is 2.11.